The molecular formula is C25H27F3N4O4. The number of aromatic carboxylic acids is 1. The summed E-state index contributed by atoms with van der Waals surface area (Å²) in [6.45, 7) is 2.40. The second kappa shape index (κ2) is 12.3. The molecule has 0 atom stereocenters. The molecule has 1 aliphatic carbocycles. The molecule has 0 unspecified atom stereocenters. The summed E-state index contributed by atoms with van der Waals surface area (Å²) in [7, 11) is 0. The van der Waals surface area contributed by atoms with E-state index in [0.29, 0.717) is 18.7 Å². The number of alkyl halides is 3. The van der Waals surface area contributed by atoms with Crippen LogP contribution in [0.1, 0.15) is 40.0 Å². The molecule has 4 rings (SSSR count). The Hall–Kier alpha value is -3.73. The highest BCUT2D eigenvalue weighted by molar-refractivity contribution is 5.90. The zero-order valence-electron chi connectivity index (χ0n) is 19.5. The van der Waals surface area contributed by atoms with Gasteiger partial charge < -0.3 is 15.5 Å². The van der Waals surface area contributed by atoms with Crippen molar-refractivity contribution >= 4 is 11.9 Å². The second-order valence-electron chi connectivity index (χ2n) is 8.23. The highest BCUT2D eigenvalue weighted by Gasteiger charge is 2.38. The van der Waals surface area contributed by atoms with E-state index in [9.17, 15) is 23.1 Å². The predicted molar refractivity (Wildman–Crippen MR) is 126 cm³/mol. The molecule has 0 bridgehead atoms. The molecular weight excluding hydrogens is 477 g/mol. The van der Waals surface area contributed by atoms with Gasteiger partial charge in [0.1, 0.15) is 5.69 Å². The van der Waals surface area contributed by atoms with E-state index < -0.39 is 18.1 Å². The Labute approximate surface area is 205 Å². The van der Waals surface area contributed by atoms with Gasteiger partial charge in [-0.2, -0.15) is 18.3 Å². The molecule has 11 heteroatoms. The normalized spacial score (nSPS) is 12.2. The summed E-state index contributed by atoms with van der Waals surface area (Å²) in [5.74, 6) is -3.65. The van der Waals surface area contributed by atoms with Gasteiger partial charge in [0.25, 0.3) is 0 Å². The van der Waals surface area contributed by atoms with Gasteiger partial charge in [0.05, 0.1) is 5.69 Å². The van der Waals surface area contributed by atoms with E-state index >= 15 is 0 Å². The summed E-state index contributed by atoms with van der Waals surface area (Å²) in [6.07, 6.45) is 3.03. The first-order valence-electron chi connectivity index (χ1n) is 11.5. The SMILES string of the molecule is O=C(O)C(F)(F)F.O=C(O)c1c2c(nn1CCCNCCCc1ccccc1)-c1ccncc1CC2. The van der Waals surface area contributed by atoms with Crippen molar-refractivity contribution in [2.75, 3.05) is 13.1 Å². The van der Waals surface area contributed by atoms with Gasteiger partial charge in [-0.15, -0.1) is 0 Å². The van der Waals surface area contributed by atoms with Gasteiger partial charge in [0.2, 0.25) is 0 Å². The fourth-order valence-corrected chi connectivity index (χ4v) is 4.01. The Bertz CT molecular complexity index is 1180. The first-order chi connectivity index (χ1) is 17.2. The third-order valence-electron chi connectivity index (χ3n) is 5.68. The minimum atomic E-state index is -5.08. The monoisotopic (exact) mass is 504 g/mol. The lowest BCUT2D eigenvalue weighted by Crippen LogP contribution is -2.21. The number of carboxylic acids is 2. The van der Waals surface area contributed by atoms with Crippen LogP contribution in [0.4, 0.5) is 13.2 Å². The smallest absolute Gasteiger partial charge is 0.477 e. The van der Waals surface area contributed by atoms with Gasteiger partial charge in [-0.1, -0.05) is 30.3 Å². The molecule has 1 aliphatic rings. The number of rotatable bonds is 9. The number of aromatic nitrogens is 3. The van der Waals surface area contributed by atoms with Crippen LogP contribution in [0.25, 0.3) is 11.3 Å². The maximum absolute atomic E-state index is 11.9. The topological polar surface area (TPSA) is 117 Å². The van der Waals surface area contributed by atoms with E-state index in [1.165, 1.54) is 5.56 Å². The highest BCUT2D eigenvalue weighted by atomic mass is 19.4. The number of pyridine rings is 1. The lowest BCUT2D eigenvalue weighted by atomic mass is 9.90. The number of carboxylic acid groups (broad SMARTS) is 2. The average Bonchev–Trinajstić information content (AvgIpc) is 3.23. The largest absolute Gasteiger partial charge is 0.490 e. The molecule has 0 saturated heterocycles. The predicted octanol–water partition coefficient (Wildman–Crippen LogP) is 3.99. The van der Waals surface area contributed by atoms with Crippen LogP contribution in [0.3, 0.4) is 0 Å². The molecule has 2 aromatic heterocycles. The maximum Gasteiger partial charge on any atom is 0.490 e. The Kier molecular flexibility index (Phi) is 9.18. The van der Waals surface area contributed by atoms with Gasteiger partial charge in [-0.25, -0.2) is 9.59 Å². The summed E-state index contributed by atoms with van der Waals surface area (Å²) in [5.41, 5.74) is 5.52. The van der Waals surface area contributed by atoms with Crippen molar-refractivity contribution in [3.63, 3.8) is 0 Å². The highest BCUT2D eigenvalue weighted by Crippen LogP contribution is 2.34. The van der Waals surface area contributed by atoms with Gasteiger partial charge in [0, 0.05) is 30.1 Å². The standard InChI is InChI=1S/C23H26N4O2.C2HF3O2/c28-23(29)22-20-10-9-18-16-25-14-11-19(18)21(20)26-27(22)15-5-13-24-12-4-8-17-6-2-1-3-7-17;3-2(4,5)1(6)7/h1-3,6-7,11,14,16,24H,4-5,8-10,12-13,15H2,(H,28,29);(H,6,7). The summed E-state index contributed by atoms with van der Waals surface area (Å²) in [4.78, 5) is 25.0. The van der Waals surface area contributed by atoms with Gasteiger partial charge >= 0.3 is 18.1 Å². The molecule has 3 N–H and O–H groups in total. The van der Waals surface area contributed by atoms with Gasteiger partial charge in [-0.05, 0) is 62.4 Å². The molecule has 0 fully saturated rings. The van der Waals surface area contributed by atoms with Crippen LogP contribution in [0.5, 0.6) is 0 Å². The lowest BCUT2D eigenvalue weighted by Gasteiger charge is -2.14. The van der Waals surface area contributed by atoms with Crippen molar-refractivity contribution in [1.82, 2.24) is 20.1 Å². The maximum atomic E-state index is 11.9. The molecule has 0 aliphatic heterocycles. The van der Waals surface area contributed by atoms with E-state index in [-0.39, 0.29) is 0 Å². The lowest BCUT2D eigenvalue weighted by molar-refractivity contribution is -0.192. The van der Waals surface area contributed by atoms with Gasteiger partial charge in [-0.3, -0.25) is 9.67 Å². The van der Waals surface area contributed by atoms with Crippen molar-refractivity contribution in [3.8, 4) is 11.3 Å². The van der Waals surface area contributed by atoms with Crippen LogP contribution in [0, 0.1) is 0 Å². The van der Waals surface area contributed by atoms with Crippen LogP contribution in [-0.2, 0) is 30.6 Å². The summed E-state index contributed by atoms with van der Waals surface area (Å²) < 4.78 is 33.4. The number of aliphatic carboxylic acids is 1. The Morgan fingerprint density at radius 2 is 1.72 bits per heavy atom. The van der Waals surface area contributed by atoms with E-state index in [1.807, 2.05) is 18.3 Å². The second-order valence-corrected chi connectivity index (χ2v) is 8.23. The van der Waals surface area contributed by atoms with Crippen molar-refractivity contribution in [2.45, 2.75) is 44.8 Å². The first kappa shape index (κ1) is 26.9. The molecule has 1 aromatic carbocycles. The Balaban J connectivity index is 0.000000454. The van der Waals surface area contributed by atoms with Crippen molar-refractivity contribution in [3.05, 3.63) is 71.2 Å². The molecule has 0 radical (unpaired) electrons. The van der Waals surface area contributed by atoms with Crippen LogP contribution in [0.2, 0.25) is 0 Å². The Morgan fingerprint density at radius 1 is 1.03 bits per heavy atom. The van der Waals surface area contributed by atoms with Crippen molar-refractivity contribution in [1.29, 1.82) is 0 Å². The molecule has 0 spiro atoms. The number of nitrogens with zero attached hydrogens (tertiary/aromatic N) is 3. The Morgan fingerprint density at radius 3 is 2.39 bits per heavy atom. The molecule has 8 nitrogen and oxygen atoms in total. The van der Waals surface area contributed by atoms with E-state index in [1.54, 1.807) is 10.9 Å². The number of hydrogen-bond acceptors (Lipinski definition) is 5. The first-order valence-corrected chi connectivity index (χ1v) is 11.5. The minimum Gasteiger partial charge on any atom is -0.477 e. The number of halogens is 3. The summed E-state index contributed by atoms with van der Waals surface area (Å²) in [5, 5.41) is 25.0. The van der Waals surface area contributed by atoms with E-state index in [2.05, 4.69) is 39.7 Å². The molecule has 36 heavy (non-hydrogen) atoms. The fourth-order valence-electron chi connectivity index (χ4n) is 4.01. The van der Waals surface area contributed by atoms with Gasteiger partial charge in [0.15, 0.2) is 0 Å². The van der Waals surface area contributed by atoms with Crippen molar-refractivity contribution in [2.24, 2.45) is 0 Å². The number of benzene rings is 1. The molecule has 0 amide bonds. The molecule has 2 heterocycles. The zero-order valence-corrected chi connectivity index (χ0v) is 19.5. The average molecular weight is 505 g/mol. The van der Waals surface area contributed by atoms with Crippen LogP contribution in [-0.4, -0.2) is 56.2 Å². The summed E-state index contributed by atoms with van der Waals surface area (Å²) in [6, 6.07) is 12.4. The van der Waals surface area contributed by atoms with Crippen LogP contribution >= 0.6 is 0 Å². The van der Waals surface area contributed by atoms with E-state index in [0.717, 1.165) is 61.2 Å². The molecule has 192 valence electrons. The number of fused-ring (bicyclic) bond motifs is 3. The number of hydrogen-bond donors (Lipinski definition) is 3. The molecule has 0 saturated carbocycles. The minimum absolute atomic E-state index is 0.339. The third-order valence-corrected chi connectivity index (χ3v) is 5.68. The number of aryl methyl sites for hydroxylation is 3. The fraction of sp³-hybridized carbons (Fsp3) is 0.360. The quantitative estimate of drug-likeness (QED) is 0.377. The number of nitrogens with one attached hydrogen (secondary N) is 1. The number of carbonyl (C=O) groups is 2. The van der Waals surface area contributed by atoms with Crippen molar-refractivity contribution < 1.29 is 33.0 Å². The molecule has 3 aromatic rings. The van der Waals surface area contributed by atoms with Crippen LogP contribution < -0.4 is 5.32 Å². The van der Waals surface area contributed by atoms with Crippen LogP contribution in [0.15, 0.2) is 48.8 Å². The summed E-state index contributed by atoms with van der Waals surface area (Å²) >= 11 is 0. The third kappa shape index (κ3) is 7.14. The van der Waals surface area contributed by atoms with E-state index in [4.69, 9.17) is 9.90 Å². The zero-order chi connectivity index (χ0) is 26.1.